The van der Waals surface area contributed by atoms with Gasteiger partial charge in [0.1, 0.15) is 5.60 Å². The van der Waals surface area contributed by atoms with E-state index in [1.807, 2.05) is 46.7 Å². The Morgan fingerprint density at radius 3 is 2.72 bits per heavy atom. The second-order valence-corrected chi connectivity index (χ2v) is 9.06. The molecule has 1 saturated carbocycles. The lowest BCUT2D eigenvalue weighted by Gasteiger charge is -2.32. The highest BCUT2D eigenvalue weighted by atomic mass is 19.4. The first-order valence-electron chi connectivity index (χ1n) is 12.0. The van der Waals surface area contributed by atoms with Crippen molar-refractivity contribution >= 4 is 5.69 Å². The van der Waals surface area contributed by atoms with E-state index in [-0.39, 0.29) is 6.04 Å². The summed E-state index contributed by atoms with van der Waals surface area (Å²) in [5.41, 5.74) is -0.336. The van der Waals surface area contributed by atoms with E-state index >= 15 is 0 Å². The SMILES string of the molecule is CCN(c1ccc(C#N)c(C(F)(F)F)c1)C1CCC(O)(c2cncn2CCOCc2ccccc2)C1. The lowest BCUT2D eigenvalue weighted by molar-refractivity contribution is -0.137. The Bertz CT molecular complexity index is 1210. The summed E-state index contributed by atoms with van der Waals surface area (Å²) in [7, 11) is 0. The topological polar surface area (TPSA) is 74.3 Å². The predicted octanol–water partition coefficient (Wildman–Crippen LogP) is 5.26. The summed E-state index contributed by atoms with van der Waals surface area (Å²) in [6.07, 6.45) is 0.138. The zero-order chi connectivity index (χ0) is 25.8. The molecule has 0 amide bonds. The molecule has 36 heavy (non-hydrogen) atoms. The van der Waals surface area contributed by atoms with E-state index < -0.39 is 22.9 Å². The van der Waals surface area contributed by atoms with Crippen molar-refractivity contribution in [2.24, 2.45) is 0 Å². The largest absolute Gasteiger partial charge is 0.417 e. The number of alkyl halides is 3. The summed E-state index contributed by atoms with van der Waals surface area (Å²) in [6.45, 7) is 3.81. The maximum absolute atomic E-state index is 13.5. The van der Waals surface area contributed by atoms with Crippen LogP contribution in [0.4, 0.5) is 18.9 Å². The third kappa shape index (κ3) is 5.55. The van der Waals surface area contributed by atoms with Crippen molar-refractivity contribution in [2.75, 3.05) is 18.1 Å². The van der Waals surface area contributed by atoms with E-state index in [4.69, 9.17) is 10.00 Å². The fraction of sp³-hybridized carbons (Fsp3) is 0.407. The highest BCUT2D eigenvalue weighted by Gasteiger charge is 2.43. The summed E-state index contributed by atoms with van der Waals surface area (Å²) in [4.78, 5) is 6.11. The molecule has 190 valence electrons. The number of anilines is 1. The maximum atomic E-state index is 13.5. The Morgan fingerprint density at radius 2 is 2.03 bits per heavy atom. The molecule has 6 nitrogen and oxygen atoms in total. The van der Waals surface area contributed by atoms with Crippen LogP contribution in [0.5, 0.6) is 0 Å². The van der Waals surface area contributed by atoms with Gasteiger partial charge in [0, 0.05) is 31.2 Å². The summed E-state index contributed by atoms with van der Waals surface area (Å²) in [6, 6.07) is 15.1. The molecule has 3 aromatic rings. The molecule has 2 unspecified atom stereocenters. The zero-order valence-corrected chi connectivity index (χ0v) is 20.1. The molecular weight excluding hydrogens is 469 g/mol. The van der Waals surface area contributed by atoms with Gasteiger partial charge in [0.15, 0.2) is 0 Å². The summed E-state index contributed by atoms with van der Waals surface area (Å²) >= 11 is 0. The number of halogens is 3. The predicted molar refractivity (Wildman–Crippen MR) is 129 cm³/mol. The van der Waals surface area contributed by atoms with E-state index in [2.05, 4.69) is 4.98 Å². The van der Waals surface area contributed by atoms with Crippen molar-refractivity contribution in [1.29, 1.82) is 5.26 Å². The van der Waals surface area contributed by atoms with Crippen molar-refractivity contribution < 1.29 is 23.0 Å². The van der Waals surface area contributed by atoms with Gasteiger partial charge in [-0.15, -0.1) is 0 Å². The first-order chi connectivity index (χ1) is 17.2. The van der Waals surface area contributed by atoms with Crippen LogP contribution in [0.1, 0.15) is 48.6 Å². The van der Waals surface area contributed by atoms with Crippen LogP contribution in [-0.4, -0.2) is 33.9 Å². The maximum Gasteiger partial charge on any atom is 0.417 e. The average molecular weight is 499 g/mol. The highest BCUT2D eigenvalue weighted by Crippen LogP contribution is 2.43. The molecule has 0 bridgehead atoms. The van der Waals surface area contributed by atoms with Gasteiger partial charge in [-0.1, -0.05) is 30.3 Å². The number of benzene rings is 2. The Balaban J connectivity index is 1.45. The quantitative estimate of drug-likeness (QED) is 0.408. The average Bonchev–Trinajstić information content (AvgIpc) is 3.50. The first-order valence-corrected chi connectivity index (χ1v) is 12.0. The number of hydrogen-bond acceptors (Lipinski definition) is 5. The minimum atomic E-state index is -4.62. The van der Waals surface area contributed by atoms with E-state index in [1.165, 1.54) is 6.07 Å². The van der Waals surface area contributed by atoms with Crippen LogP contribution in [0.15, 0.2) is 61.1 Å². The summed E-state index contributed by atoms with van der Waals surface area (Å²) in [5, 5.41) is 20.6. The first kappa shape index (κ1) is 25.7. The summed E-state index contributed by atoms with van der Waals surface area (Å²) < 4.78 is 48.2. The Kier molecular flexibility index (Phi) is 7.67. The molecule has 0 aliphatic heterocycles. The van der Waals surface area contributed by atoms with Crippen LogP contribution in [0.3, 0.4) is 0 Å². The fourth-order valence-corrected chi connectivity index (χ4v) is 5.01. The van der Waals surface area contributed by atoms with Gasteiger partial charge in [0.2, 0.25) is 0 Å². The van der Waals surface area contributed by atoms with Crippen molar-refractivity contribution in [2.45, 2.75) is 57.2 Å². The monoisotopic (exact) mass is 498 g/mol. The zero-order valence-electron chi connectivity index (χ0n) is 20.1. The minimum absolute atomic E-state index is 0.160. The Labute approximate surface area is 208 Å². The standard InChI is InChI=1S/C27H29F3N4O2/c1-2-34(22-9-8-21(16-31)24(14-22)27(28,29)30)23-10-11-26(35,15-23)25-17-32-19-33(25)12-13-36-18-20-6-4-3-5-7-20/h3-9,14,17,19,23,35H,2,10-13,15,18H2,1H3. The molecule has 2 atom stereocenters. The van der Waals surface area contributed by atoms with Gasteiger partial charge < -0.3 is 19.3 Å². The van der Waals surface area contributed by atoms with Crippen LogP contribution in [0.2, 0.25) is 0 Å². The van der Waals surface area contributed by atoms with Crippen LogP contribution >= 0.6 is 0 Å². The number of nitrogens with zero attached hydrogens (tertiary/aromatic N) is 4. The molecule has 0 radical (unpaired) electrons. The molecular formula is C27H29F3N4O2. The van der Waals surface area contributed by atoms with Crippen LogP contribution in [-0.2, 0) is 29.7 Å². The molecule has 1 fully saturated rings. The van der Waals surface area contributed by atoms with E-state index in [0.717, 1.165) is 11.6 Å². The molecule has 1 aromatic heterocycles. The number of rotatable bonds is 9. The van der Waals surface area contributed by atoms with Gasteiger partial charge in [-0.2, -0.15) is 18.4 Å². The van der Waals surface area contributed by atoms with Gasteiger partial charge in [0.05, 0.1) is 48.6 Å². The number of aromatic nitrogens is 2. The van der Waals surface area contributed by atoms with Crippen LogP contribution < -0.4 is 4.90 Å². The lowest BCUT2D eigenvalue weighted by Crippen LogP contribution is -2.36. The second-order valence-electron chi connectivity index (χ2n) is 9.06. The van der Waals surface area contributed by atoms with Gasteiger partial charge in [-0.3, -0.25) is 0 Å². The Morgan fingerprint density at radius 1 is 1.25 bits per heavy atom. The van der Waals surface area contributed by atoms with Crippen LogP contribution in [0.25, 0.3) is 0 Å². The molecule has 1 N–H and O–H groups in total. The molecule has 1 heterocycles. The molecule has 9 heteroatoms. The van der Waals surface area contributed by atoms with E-state index in [1.54, 1.807) is 24.7 Å². The van der Waals surface area contributed by atoms with Crippen molar-refractivity contribution in [3.8, 4) is 6.07 Å². The number of nitriles is 1. The summed E-state index contributed by atoms with van der Waals surface area (Å²) in [5.74, 6) is 0. The third-order valence-electron chi connectivity index (χ3n) is 6.78. The number of imidazole rings is 1. The second kappa shape index (κ2) is 10.7. The van der Waals surface area contributed by atoms with Gasteiger partial charge >= 0.3 is 6.18 Å². The van der Waals surface area contributed by atoms with E-state index in [0.29, 0.717) is 56.9 Å². The third-order valence-corrected chi connectivity index (χ3v) is 6.78. The van der Waals surface area contributed by atoms with Gasteiger partial charge in [-0.25, -0.2) is 4.98 Å². The molecule has 0 spiro atoms. The molecule has 0 saturated heterocycles. The van der Waals surface area contributed by atoms with Crippen molar-refractivity contribution in [3.05, 3.63) is 83.4 Å². The fourth-order valence-electron chi connectivity index (χ4n) is 5.01. The minimum Gasteiger partial charge on any atom is -0.383 e. The smallest absolute Gasteiger partial charge is 0.383 e. The van der Waals surface area contributed by atoms with Crippen molar-refractivity contribution in [1.82, 2.24) is 9.55 Å². The normalized spacial score (nSPS) is 19.8. The van der Waals surface area contributed by atoms with E-state index in [9.17, 15) is 18.3 Å². The van der Waals surface area contributed by atoms with Gasteiger partial charge in [-0.05, 0) is 43.5 Å². The Hall–Kier alpha value is -3.35. The molecule has 2 aromatic carbocycles. The van der Waals surface area contributed by atoms with Crippen molar-refractivity contribution in [3.63, 3.8) is 0 Å². The number of hydrogen-bond donors (Lipinski definition) is 1. The lowest BCUT2D eigenvalue weighted by atomic mass is 9.97. The number of aliphatic hydroxyl groups is 1. The number of ether oxygens (including phenoxy) is 1. The molecule has 1 aliphatic carbocycles. The molecule has 4 rings (SSSR count). The molecule has 1 aliphatic rings. The highest BCUT2D eigenvalue weighted by molar-refractivity contribution is 5.55. The van der Waals surface area contributed by atoms with Crippen LogP contribution in [0, 0.1) is 11.3 Å². The van der Waals surface area contributed by atoms with Gasteiger partial charge in [0.25, 0.3) is 0 Å².